The fourth-order valence-electron chi connectivity index (χ4n) is 3.05. The summed E-state index contributed by atoms with van der Waals surface area (Å²) in [5.74, 6) is 0. The molecule has 2 aromatic carbocycles. The monoisotopic (exact) mass is 421 g/mol. The molecule has 8 heteroatoms. The molecule has 0 radical (unpaired) electrons. The molecule has 6 nitrogen and oxygen atoms in total. The van der Waals surface area contributed by atoms with Crippen LogP contribution < -0.4 is 10.0 Å². The number of aryl methyl sites for hydroxylation is 1. The molecule has 150 valence electrons. The van der Waals surface area contributed by atoms with Crippen molar-refractivity contribution in [1.82, 2.24) is 4.90 Å². The zero-order valence-electron chi connectivity index (χ0n) is 15.9. The number of nitrogens with two attached hydrogens (primary N) is 1. The van der Waals surface area contributed by atoms with Crippen LogP contribution in [0.1, 0.15) is 18.9 Å². The first kappa shape index (κ1) is 20.6. The first-order valence-electron chi connectivity index (χ1n) is 9.08. The Morgan fingerprint density at radius 3 is 2.68 bits per heavy atom. The molecule has 0 aliphatic carbocycles. The summed E-state index contributed by atoms with van der Waals surface area (Å²) in [5.41, 5.74) is 7.75. The van der Waals surface area contributed by atoms with E-state index in [1.807, 2.05) is 28.6 Å². The Bertz CT molecular complexity index is 860. The van der Waals surface area contributed by atoms with Crippen LogP contribution in [0.3, 0.4) is 0 Å². The zero-order chi connectivity index (χ0) is 20.3. The molecule has 0 fully saturated rings. The molecular weight excluding hydrogens is 398 g/mol. The molecule has 1 amide bonds. The van der Waals surface area contributed by atoms with Crippen LogP contribution in [-0.2, 0) is 22.1 Å². The smallest absolute Gasteiger partial charge is 0.410 e. The second kappa shape index (κ2) is 8.94. The number of halogens is 1. The van der Waals surface area contributed by atoms with E-state index in [9.17, 15) is 9.00 Å². The average Bonchev–Trinajstić information content (AvgIpc) is 2.70. The lowest BCUT2D eigenvalue weighted by Gasteiger charge is -2.37. The highest BCUT2D eigenvalue weighted by Gasteiger charge is 2.32. The maximum Gasteiger partial charge on any atom is 0.410 e. The second-order valence-electron chi connectivity index (χ2n) is 6.78. The number of anilines is 1. The maximum atomic E-state index is 13.4. The number of nitrogens with zero attached hydrogens (tertiary/aromatic N) is 2. The van der Waals surface area contributed by atoms with Gasteiger partial charge in [-0.15, -0.1) is 0 Å². The molecular formula is C20H24ClN3O3S. The van der Waals surface area contributed by atoms with Gasteiger partial charge in [-0.25, -0.2) is 9.00 Å². The lowest BCUT2D eigenvalue weighted by molar-refractivity contribution is 0.0944. The van der Waals surface area contributed by atoms with Gasteiger partial charge in [0.25, 0.3) is 0 Å². The quantitative estimate of drug-likeness (QED) is 0.749. The Balaban J connectivity index is 1.85. The van der Waals surface area contributed by atoms with E-state index in [2.05, 4.69) is 0 Å². The normalized spacial score (nSPS) is 18.1. The molecule has 3 rings (SSSR count). The minimum atomic E-state index is -1.46. The number of benzene rings is 2. The van der Waals surface area contributed by atoms with Crippen molar-refractivity contribution in [2.75, 3.05) is 18.0 Å². The third kappa shape index (κ3) is 4.48. The van der Waals surface area contributed by atoms with Gasteiger partial charge in [0.05, 0.1) is 22.8 Å². The molecule has 28 heavy (non-hydrogen) atoms. The Morgan fingerprint density at radius 1 is 1.32 bits per heavy atom. The molecule has 0 saturated heterocycles. The van der Waals surface area contributed by atoms with E-state index in [-0.39, 0.29) is 12.6 Å². The molecule has 0 bridgehead atoms. The largest absolute Gasteiger partial charge is 0.447 e. The number of rotatable bonds is 5. The molecule has 1 heterocycles. The summed E-state index contributed by atoms with van der Waals surface area (Å²) in [7, 11) is 0.131. The van der Waals surface area contributed by atoms with E-state index >= 15 is 0 Å². The van der Waals surface area contributed by atoms with Crippen LogP contribution in [-0.4, -0.2) is 41.1 Å². The van der Waals surface area contributed by atoms with Gasteiger partial charge in [0.2, 0.25) is 0 Å². The third-order valence-corrected chi connectivity index (χ3v) is 6.58. The number of carbonyl (C=O) groups excluding carboxylic acids is 1. The highest BCUT2D eigenvalue weighted by Crippen LogP contribution is 2.34. The topological polar surface area (TPSA) is 75.9 Å². The van der Waals surface area contributed by atoms with Gasteiger partial charge in [0, 0.05) is 12.1 Å². The van der Waals surface area contributed by atoms with Crippen LogP contribution in [0.15, 0.2) is 53.4 Å². The van der Waals surface area contributed by atoms with Gasteiger partial charge >= 0.3 is 6.09 Å². The summed E-state index contributed by atoms with van der Waals surface area (Å²) >= 11 is 5.97. The molecule has 0 aromatic heterocycles. The molecule has 3 atom stereocenters. The van der Waals surface area contributed by atoms with Gasteiger partial charge in [0.1, 0.15) is 6.61 Å². The number of para-hydroxylation sites is 1. The molecule has 1 aliphatic heterocycles. The van der Waals surface area contributed by atoms with Crippen molar-refractivity contribution in [2.45, 2.75) is 36.9 Å². The van der Waals surface area contributed by atoms with E-state index in [1.54, 1.807) is 38.2 Å². The van der Waals surface area contributed by atoms with Crippen molar-refractivity contribution in [3.8, 4) is 0 Å². The van der Waals surface area contributed by atoms with Crippen LogP contribution >= 0.6 is 11.6 Å². The van der Waals surface area contributed by atoms with E-state index in [4.69, 9.17) is 22.1 Å². The Hall–Kier alpha value is -2.09. The summed E-state index contributed by atoms with van der Waals surface area (Å²) < 4.78 is 20.7. The number of amides is 1. The van der Waals surface area contributed by atoms with Crippen molar-refractivity contribution in [3.05, 3.63) is 59.1 Å². The van der Waals surface area contributed by atoms with Crippen LogP contribution in [0.4, 0.5) is 10.5 Å². The van der Waals surface area contributed by atoms with Gasteiger partial charge in [-0.05, 0) is 55.7 Å². The van der Waals surface area contributed by atoms with Gasteiger partial charge in [-0.2, -0.15) is 0 Å². The van der Waals surface area contributed by atoms with Gasteiger partial charge in [-0.1, -0.05) is 29.8 Å². The standard InChI is InChI=1S/C20H24ClN3O3S/c1-14(22)23(2)20(25)27-13-17-10-7-15-5-3-4-6-19(15)24(17)28(26)18-11-8-16(21)9-12-18/h3-6,8-9,11-12,14,17H,7,10,13,22H2,1-2H3. The van der Waals surface area contributed by atoms with Crippen LogP contribution in [0, 0.1) is 0 Å². The van der Waals surface area contributed by atoms with Crippen molar-refractivity contribution in [2.24, 2.45) is 5.73 Å². The molecule has 3 unspecified atom stereocenters. The van der Waals surface area contributed by atoms with E-state index < -0.39 is 23.2 Å². The lowest BCUT2D eigenvalue weighted by Crippen LogP contribution is -2.46. The number of hydrogen-bond acceptors (Lipinski definition) is 4. The van der Waals surface area contributed by atoms with E-state index in [1.165, 1.54) is 4.90 Å². The number of ether oxygens (including phenoxy) is 1. The molecule has 2 aromatic rings. The highest BCUT2D eigenvalue weighted by atomic mass is 35.5. The average molecular weight is 422 g/mol. The van der Waals surface area contributed by atoms with Gasteiger partial charge in [0.15, 0.2) is 11.0 Å². The molecule has 2 N–H and O–H groups in total. The second-order valence-corrected chi connectivity index (χ2v) is 8.58. The summed E-state index contributed by atoms with van der Waals surface area (Å²) in [6.07, 6.45) is 0.617. The van der Waals surface area contributed by atoms with Gasteiger partial charge < -0.3 is 10.5 Å². The van der Waals surface area contributed by atoms with Crippen molar-refractivity contribution in [1.29, 1.82) is 0 Å². The zero-order valence-corrected chi connectivity index (χ0v) is 17.4. The van der Waals surface area contributed by atoms with E-state index in [0.29, 0.717) is 9.92 Å². The van der Waals surface area contributed by atoms with Crippen LogP contribution in [0.2, 0.25) is 5.02 Å². The Morgan fingerprint density at radius 2 is 2.00 bits per heavy atom. The summed E-state index contributed by atoms with van der Waals surface area (Å²) in [6.45, 7) is 1.84. The summed E-state index contributed by atoms with van der Waals surface area (Å²) in [6, 6.07) is 14.6. The third-order valence-electron chi connectivity index (χ3n) is 4.80. The van der Waals surface area contributed by atoms with E-state index in [0.717, 1.165) is 24.1 Å². The maximum absolute atomic E-state index is 13.4. The highest BCUT2D eigenvalue weighted by molar-refractivity contribution is 7.86. The Labute approximate surface area is 172 Å². The minimum Gasteiger partial charge on any atom is -0.447 e. The van der Waals surface area contributed by atoms with Gasteiger partial charge in [-0.3, -0.25) is 9.21 Å². The number of carbonyl (C=O) groups is 1. The molecule has 0 spiro atoms. The molecule has 0 saturated carbocycles. The Kier molecular flexibility index (Phi) is 6.59. The first-order chi connectivity index (χ1) is 13.4. The first-order valence-corrected chi connectivity index (χ1v) is 10.6. The number of fused-ring (bicyclic) bond motifs is 1. The minimum absolute atomic E-state index is 0.129. The number of hydrogen-bond donors (Lipinski definition) is 1. The summed E-state index contributed by atoms with van der Waals surface area (Å²) in [4.78, 5) is 14.1. The predicted molar refractivity (Wildman–Crippen MR) is 112 cm³/mol. The van der Waals surface area contributed by atoms with Crippen molar-refractivity contribution in [3.63, 3.8) is 0 Å². The SMILES string of the molecule is CC(N)N(C)C(=O)OCC1CCc2ccccc2N1S(=O)c1ccc(Cl)cc1. The van der Waals surface area contributed by atoms with Crippen molar-refractivity contribution < 1.29 is 13.7 Å². The fourth-order valence-corrected chi connectivity index (χ4v) is 4.57. The predicted octanol–water partition coefficient (Wildman–Crippen LogP) is 3.56. The lowest BCUT2D eigenvalue weighted by atomic mass is 9.98. The fraction of sp³-hybridized carbons (Fsp3) is 0.350. The molecule has 1 aliphatic rings. The van der Waals surface area contributed by atoms with Crippen LogP contribution in [0.5, 0.6) is 0 Å². The van der Waals surface area contributed by atoms with Crippen LogP contribution in [0.25, 0.3) is 0 Å². The summed E-state index contributed by atoms with van der Waals surface area (Å²) in [5, 5.41) is 0.587. The van der Waals surface area contributed by atoms with Crippen molar-refractivity contribution >= 4 is 34.4 Å².